The zero-order chi connectivity index (χ0) is 8.27. The van der Waals surface area contributed by atoms with Crippen molar-refractivity contribution in [1.29, 1.82) is 0 Å². The van der Waals surface area contributed by atoms with Crippen LogP contribution in [0.2, 0.25) is 0 Å². The fraction of sp³-hybridized carbons (Fsp3) is 0. The van der Waals surface area contributed by atoms with Gasteiger partial charge in [0.05, 0.1) is 0 Å². The van der Waals surface area contributed by atoms with Crippen LogP contribution in [-0.4, -0.2) is 23.9 Å². The summed E-state index contributed by atoms with van der Waals surface area (Å²) in [4.78, 5) is 0. The zero-order valence-corrected chi connectivity index (χ0v) is 7.51. The average molecular weight is 217 g/mol. The fourth-order valence-corrected chi connectivity index (χ4v) is 1.30. The molecule has 11 heavy (non-hydrogen) atoms. The van der Waals surface area contributed by atoms with Gasteiger partial charge in [0.2, 0.25) is 0 Å². The van der Waals surface area contributed by atoms with Gasteiger partial charge in [0, 0.05) is 0 Å². The van der Waals surface area contributed by atoms with Crippen LogP contribution in [-0.2, 0) is 0 Å². The molecule has 0 aliphatic carbocycles. The van der Waals surface area contributed by atoms with Gasteiger partial charge in [-0.1, -0.05) is 0 Å². The van der Waals surface area contributed by atoms with Crippen molar-refractivity contribution in [3.8, 4) is 5.75 Å². The first-order chi connectivity index (χ1) is 5.18. The number of benzene rings is 1. The maximum atomic E-state index is 8.54. The van der Waals surface area contributed by atoms with E-state index in [1.165, 1.54) is 6.07 Å². The molecule has 0 aliphatic heterocycles. The Morgan fingerprint density at radius 1 is 1.36 bits per heavy atom. The van der Waals surface area contributed by atoms with Crippen molar-refractivity contribution in [1.82, 2.24) is 0 Å². The van der Waals surface area contributed by atoms with E-state index >= 15 is 0 Å². The summed E-state index contributed by atoms with van der Waals surface area (Å²) in [6, 6.07) is 6.53. The average Bonchev–Trinajstić information content (AvgIpc) is 1.85. The molecule has 0 unspecified atom stereocenters. The van der Waals surface area contributed by atoms with Crippen molar-refractivity contribution in [2.45, 2.75) is 0 Å². The Bertz CT molecular complexity index is 241. The van der Waals surface area contributed by atoms with Gasteiger partial charge in [-0.05, 0) is 0 Å². The number of hydrogen-bond donors (Lipinski definition) is 3. The van der Waals surface area contributed by atoms with Crippen molar-refractivity contribution < 1.29 is 11.9 Å². The van der Waals surface area contributed by atoms with E-state index in [0.29, 0.717) is 11.4 Å². The van der Waals surface area contributed by atoms with E-state index < -0.39 is 15.7 Å². The summed E-state index contributed by atoms with van der Waals surface area (Å²) < 4.78 is 21.7. The van der Waals surface area contributed by atoms with Gasteiger partial charge < -0.3 is 0 Å². The van der Waals surface area contributed by atoms with Gasteiger partial charge in [-0.15, -0.1) is 0 Å². The Balaban J connectivity index is 2.71. The molecule has 1 aromatic carbocycles. The molecule has 0 heterocycles. The van der Waals surface area contributed by atoms with Crippen molar-refractivity contribution in [2.24, 2.45) is 0 Å². The number of hydrogen-bond acceptors (Lipinski definition) is 4. The molecular formula is C6H8AsNO3. The molecule has 0 saturated carbocycles. The third-order valence-corrected chi connectivity index (χ3v) is 1.83. The molecule has 1 aromatic rings. The summed E-state index contributed by atoms with van der Waals surface area (Å²) in [5.74, 6) is 0.398. The van der Waals surface area contributed by atoms with E-state index in [-0.39, 0.29) is 0 Å². The molecule has 0 aromatic heterocycles. The van der Waals surface area contributed by atoms with Crippen LogP contribution in [0.5, 0.6) is 5.75 Å². The van der Waals surface area contributed by atoms with Crippen molar-refractivity contribution in [3.05, 3.63) is 24.3 Å². The summed E-state index contributed by atoms with van der Waals surface area (Å²) in [6.07, 6.45) is 0. The van der Waals surface area contributed by atoms with Crippen LogP contribution < -0.4 is 9.46 Å². The second kappa shape index (κ2) is 3.62. The normalized spacial score (nSPS) is 10.1. The van der Waals surface area contributed by atoms with Crippen LogP contribution in [0.4, 0.5) is 5.69 Å². The van der Waals surface area contributed by atoms with Crippen LogP contribution in [0.1, 0.15) is 0 Å². The van der Waals surface area contributed by atoms with Gasteiger partial charge >= 0.3 is 69.0 Å². The van der Waals surface area contributed by atoms with Crippen molar-refractivity contribution in [3.63, 3.8) is 0 Å². The van der Waals surface area contributed by atoms with Gasteiger partial charge in [-0.3, -0.25) is 0 Å². The summed E-state index contributed by atoms with van der Waals surface area (Å²) in [5, 5.41) is 0. The third kappa shape index (κ3) is 2.80. The standard InChI is InChI=1S/C6H8AsNO3/c8-5-2-1-3-6(4-5)11-7(9)10/h1-4,9-10H,8H2. The molecule has 0 aliphatic rings. The van der Waals surface area contributed by atoms with Gasteiger partial charge in [0.25, 0.3) is 0 Å². The van der Waals surface area contributed by atoms with Crippen LogP contribution in [0.3, 0.4) is 0 Å². The van der Waals surface area contributed by atoms with E-state index in [1.807, 2.05) is 0 Å². The molecule has 0 bridgehead atoms. The molecule has 0 saturated heterocycles. The Morgan fingerprint density at radius 3 is 2.64 bits per heavy atom. The SMILES string of the molecule is Nc1cccc(O[As](O)O)c1. The predicted molar refractivity (Wildman–Crippen MR) is 41.7 cm³/mol. The molecule has 0 radical (unpaired) electrons. The van der Waals surface area contributed by atoms with Crippen LogP contribution in [0, 0.1) is 0 Å². The van der Waals surface area contributed by atoms with Crippen molar-refractivity contribution in [2.75, 3.05) is 5.73 Å². The fourth-order valence-electron chi connectivity index (χ4n) is 0.666. The third-order valence-electron chi connectivity index (χ3n) is 1.05. The van der Waals surface area contributed by atoms with Crippen molar-refractivity contribution >= 4 is 21.4 Å². The number of anilines is 1. The molecule has 0 fully saturated rings. The zero-order valence-electron chi connectivity index (χ0n) is 5.64. The minimum absolute atomic E-state index is 0.398. The summed E-state index contributed by atoms with van der Waals surface area (Å²) >= 11 is -3.03. The Labute approximate surface area is 69.5 Å². The number of nitrogen functional groups attached to an aromatic ring is 1. The van der Waals surface area contributed by atoms with Gasteiger partial charge in [-0.2, -0.15) is 0 Å². The Kier molecular flexibility index (Phi) is 2.76. The first-order valence-electron chi connectivity index (χ1n) is 2.90. The molecule has 0 spiro atoms. The Hall–Kier alpha value is -0.702. The summed E-state index contributed by atoms with van der Waals surface area (Å²) in [5.41, 5.74) is 5.95. The first-order valence-corrected chi connectivity index (χ1v) is 5.34. The summed E-state index contributed by atoms with van der Waals surface area (Å²) in [7, 11) is 0. The molecule has 4 nitrogen and oxygen atoms in total. The van der Waals surface area contributed by atoms with Crippen LogP contribution >= 0.6 is 0 Å². The van der Waals surface area contributed by atoms with Gasteiger partial charge in [0.1, 0.15) is 0 Å². The number of rotatable bonds is 2. The maximum absolute atomic E-state index is 8.54. The number of nitrogens with two attached hydrogens (primary N) is 1. The van der Waals surface area contributed by atoms with E-state index in [0.717, 1.165) is 0 Å². The topological polar surface area (TPSA) is 75.7 Å². The van der Waals surface area contributed by atoms with Gasteiger partial charge in [0.15, 0.2) is 0 Å². The van der Waals surface area contributed by atoms with Crippen LogP contribution in [0.25, 0.3) is 0 Å². The van der Waals surface area contributed by atoms with Crippen LogP contribution in [0.15, 0.2) is 24.3 Å². The quantitative estimate of drug-likeness (QED) is 0.466. The van der Waals surface area contributed by atoms with Gasteiger partial charge in [-0.25, -0.2) is 0 Å². The molecule has 0 atom stereocenters. The molecule has 60 valence electrons. The molecular weight excluding hydrogens is 209 g/mol. The Morgan fingerprint density at radius 2 is 2.09 bits per heavy atom. The first kappa shape index (κ1) is 8.40. The monoisotopic (exact) mass is 217 g/mol. The van der Waals surface area contributed by atoms with E-state index in [1.54, 1.807) is 18.2 Å². The molecule has 4 N–H and O–H groups in total. The van der Waals surface area contributed by atoms with E-state index in [9.17, 15) is 0 Å². The minimum atomic E-state index is -3.03. The van der Waals surface area contributed by atoms with E-state index in [2.05, 4.69) is 3.73 Å². The summed E-state index contributed by atoms with van der Waals surface area (Å²) in [6.45, 7) is 0. The second-order valence-corrected chi connectivity index (χ2v) is 3.36. The van der Waals surface area contributed by atoms with E-state index in [4.69, 9.17) is 13.9 Å². The molecule has 5 heteroatoms. The molecule has 0 amide bonds. The second-order valence-electron chi connectivity index (χ2n) is 1.92. The molecule has 1 rings (SSSR count). The predicted octanol–water partition coefficient (Wildman–Crippen LogP) is -0.383.